The summed E-state index contributed by atoms with van der Waals surface area (Å²) in [5.74, 6) is 1.49. The van der Waals surface area contributed by atoms with Crippen LogP contribution in [0.5, 0.6) is 0 Å². The van der Waals surface area contributed by atoms with Gasteiger partial charge >= 0.3 is 0 Å². The van der Waals surface area contributed by atoms with Crippen molar-refractivity contribution in [1.29, 1.82) is 0 Å². The van der Waals surface area contributed by atoms with Gasteiger partial charge in [-0.25, -0.2) is 0 Å². The third kappa shape index (κ3) is 5.03. The monoisotopic (exact) mass is 451 g/mol. The molecule has 0 N–H and O–H groups in total. The molecule has 3 aromatic rings. The molecule has 2 heterocycles. The van der Waals surface area contributed by atoms with Crippen molar-refractivity contribution >= 4 is 17.7 Å². The van der Waals surface area contributed by atoms with Gasteiger partial charge in [-0.2, -0.15) is 0 Å². The van der Waals surface area contributed by atoms with Gasteiger partial charge in [0.05, 0.1) is 0 Å². The minimum absolute atomic E-state index is 0.106. The number of nitrogens with zero attached hydrogens (tertiary/aromatic N) is 5. The van der Waals surface area contributed by atoms with E-state index in [9.17, 15) is 4.79 Å². The zero-order chi connectivity index (χ0) is 22.5. The Bertz CT molecular complexity index is 1060. The molecule has 1 aliphatic heterocycles. The van der Waals surface area contributed by atoms with Crippen LogP contribution in [-0.4, -0.2) is 70.8 Å². The Labute approximate surface area is 193 Å². The first-order chi connectivity index (χ1) is 15.6. The second-order valence-corrected chi connectivity index (χ2v) is 8.99. The highest BCUT2D eigenvalue weighted by atomic mass is 32.2. The van der Waals surface area contributed by atoms with Gasteiger partial charge in [-0.1, -0.05) is 47.7 Å². The van der Waals surface area contributed by atoms with Crippen LogP contribution in [0.2, 0.25) is 0 Å². The standard InChI is InChI=1S/C24H29N5O2S/c1-18-8-10-20(11-9-18)29-22(16-31-3)25-26-24(29)32-17-19-6-4-5-7-21(19)23(30)28-14-12-27(2)13-15-28/h4-11H,12-17H2,1-3H3. The average Bonchev–Trinajstić information content (AvgIpc) is 3.21. The maximum Gasteiger partial charge on any atom is 0.254 e. The molecular weight excluding hydrogens is 422 g/mol. The third-order valence-corrected chi connectivity index (χ3v) is 6.64. The summed E-state index contributed by atoms with van der Waals surface area (Å²) in [4.78, 5) is 17.4. The molecular formula is C24H29N5O2S. The molecule has 2 aromatic carbocycles. The van der Waals surface area contributed by atoms with Crippen LogP contribution < -0.4 is 0 Å². The minimum Gasteiger partial charge on any atom is -0.377 e. The fourth-order valence-corrected chi connectivity index (χ4v) is 4.72. The summed E-state index contributed by atoms with van der Waals surface area (Å²) in [7, 11) is 3.75. The van der Waals surface area contributed by atoms with Crippen molar-refractivity contribution in [2.24, 2.45) is 0 Å². The summed E-state index contributed by atoms with van der Waals surface area (Å²) < 4.78 is 7.36. The van der Waals surface area contributed by atoms with E-state index in [2.05, 4.69) is 53.3 Å². The Balaban J connectivity index is 1.56. The van der Waals surface area contributed by atoms with Gasteiger partial charge < -0.3 is 14.5 Å². The molecule has 0 saturated carbocycles. The van der Waals surface area contributed by atoms with Crippen LogP contribution >= 0.6 is 11.8 Å². The van der Waals surface area contributed by atoms with E-state index in [4.69, 9.17) is 4.74 Å². The molecule has 1 aromatic heterocycles. The van der Waals surface area contributed by atoms with Gasteiger partial charge in [-0.3, -0.25) is 9.36 Å². The molecule has 7 nitrogen and oxygen atoms in total. The van der Waals surface area contributed by atoms with Crippen molar-refractivity contribution in [2.45, 2.75) is 24.4 Å². The second kappa shape index (κ2) is 10.3. The van der Waals surface area contributed by atoms with Gasteiger partial charge in [0, 0.05) is 50.3 Å². The van der Waals surface area contributed by atoms with Gasteiger partial charge in [-0.05, 0) is 37.7 Å². The van der Waals surface area contributed by atoms with Crippen molar-refractivity contribution < 1.29 is 9.53 Å². The zero-order valence-electron chi connectivity index (χ0n) is 18.8. The lowest BCUT2D eigenvalue weighted by molar-refractivity contribution is 0.0663. The second-order valence-electron chi connectivity index (χ2n) is 8.04. The molecule has 8 heteroatoms. The maximum atomic E-state index is 13.2. The van der Waals surface area contributed by atoms with Crippen LogP contribution in [0.15, 0.2) is 53.7 Å². The Morgan fingerprint density at radius 1 is 1.03 bits per heavy atom. The topological polar surface area (TPSA) is 63.5 Å². The quantitative estimate of drug-likeness (QED) is 0.513. The van der Waals surface area contributed by atoms with Crippen molar-refractivity contribution in [2.75, 3.05) is 40.3 Å². The normalized spacial score (nSPS) is 14.7. The van der Waals surface area contributed by atoms with E-state index < -0.39 is 0 Å². The van der Waals surface area contributed by atoms with Crippen molar-refractivity contribution in [3.63, 3.8) is 0 Å². The zero-order valence-corrected chi connectivity index (χ0v) is 19.6. The molecule has 168 valence electrons. The molecule has 0 aliphatic carbocycles. The van der Waals surface area contributed by atoms with Gasteiger partial charge in [0.1, 0.15) is 6.61 Å². The molecule has 1 fully saturated rings. The number of likely N-dealkylation sites (N-methyl/N-ethyl adjacent to an activating group) is 1. The summed E-state index contributed by atoms with van der Waals surface area (Å²) in [6, 6.07) is 16.1. The average molecular weight is 452 g/mol. The number of rotatable bonds is 7. The Kier molecular flexibility index (Phi) is 7.24. The van der Waals surface area contributed by atoms with Crippen LogP contribution in [0, 0.1) is 6.92 Å². The van der Waals surface area contributed by atoms with Gasteiger partial charge in [0.25, 0.3) is 5.91 Å². The molecule has 1 amide bonds. The largest absolute Gasteiger partial charge is 0.377 e. The third-order valence-electron chi connectivity index (χ3n) is 5.66. The molecule has 32 heavy (non-hydrogen) atoms. The molecule has 0 bridgehead atoms. The van der Waals surface area contributed by atoms with Crippen molar-refractivity contribution in [3.05, 3.63) is 71.0 Å². The van der Waals surface area contributed by atoms with Crippen molar-refractivity contribution in [3.8, 4) is 5.69 Å². The van der Waals surface area contributed by atoms with E-state index in [1.54, 1.807) is 18.9 Å². The maximum absolute atomic E-state index is 13.2. The lowest BCUT2D eigenvalue weighted by atomic mass is 10.1. The fraction of sp³-hybridized carbons (Fsp3) is 0.375. The molecule has 0 unspecified atom stereocenters. The molecule has 1 aliphatic rings. The Hall–Kier alpha value is -2.68. The SMILES string of the molecule is COCc1nnc(SCc2ccccc2C(=O)N2CCN(C)CC2)n1-c1ccc(C)cc1. The lowest BCUT2D eigenvalue weighted by Gasteiger charge is -2.32. The van der Waals surface area contributed by atoms with Crippen LogP contribution in [-0.2, 0) is 17.1 Å². The first-order valence-electron chi connectivity index (χ1n) is 10.8. The summed E-state index contributed by atoms with van der Waals surface area (Å²) in [6.07, 6.45) is 0. The van der Waals surface area contributed by atoms with E-state index in [-0.39, 0.29) is 5.91 Å². The number of aryl methyl sites for hydroxylation is 1. The van der Waals surface area contributed by atoms with Crippen LogP contribution in [0.3, 0.4) is 0 Å². The number of hydrogen-bond donors (Lipinski definition) is 0. The Morgan fingerprint density at radius 2 is 1.75 bits per heavy atom. The highest BCUT2D eigenvalue weighted by molar-refractivity contribution is 7.98. The molecule has 1 saturated heterocycles. The number of ether oxygens (including phenoxy) is 1. The molecule has 4 rings (SSSR count). The number of piperazine rings is 1. The number of amides is 1. The van der Waals surface area contributed by atoms with Crippen LogP contribution in [0.1, 0.15) is 27.3 Å². The lowest BCUT2D eigenvalue weighted by Crippen LogP contribution is -2.47. The van der Waals surface area contributed by atoms with Gasteiger partial charge in [0.15, 0.2) is 11.0 Å². The highest BCUT2D eigenvalue weighted by Crippen LogP contribution is 2.27. The fourth-order valence-electron chi connectivity index (χ4n) is 3.75. The summed E-state index contributed by atoms with van der Waals surface area (Å²) >= 11 is 1.58. The van der Waals surface area contributed by atoms with Crippen LogP contribution in [0.25, 0.3) is 5.69 Å². The number of thioether (sulfide) groups is 1. The number of aromatic nitrogens is 3. The van der Waals surface area contributed by atoms with Crippen molar-refractivity contribution in [1.82, 2.24) is 24.6 Å². The number of benzene rings is 2. The first kappa shape index (κ1) is 22.5. The predicted molar refractivity (Wildman–Crippen MR) is 126 cm³/mol. The molecule has 0 radical (unpaired) electrons. The number of methoxy groups -OCH3 is 1. The van der Waals surface area contributed by atoms with E-state index in [1.165, 1.54) is 5.56 Å². The molecule has 0 spiro atoms. The van der Waals surface area contributed by atoms with Crippen LogP contribution in [0.4, 0.5) is 0 Å². The van der Waals surface area contributed by atoms with Gasteiger partial charge in [0.2, 0.25) is 0 Å². The number of carbonyl (C=O) groups excluding carboxylic acids is 1. The van der Waals surface area contributed by atoms with E-state index in [0.29, 0.717) is 12.4 Å². The van der Waals surface area contributed by atoms with E-state index in [1.807, 2.05) is 33.7 Å². The Morgan fingerprint density at radius 3 is 2.47 bits per heavy atom. The number of hydrogen-bond acceptors (Lipinski definition) is 6. The number of carbonyl (C=O) groups is 1. The van der Waals surface area contributed by atoms with E-state index in [0.717, 1.165) is 54.0 Å². The minimum atomic E-state index is 0.106. The van der Waals surface area contributed by atoms with E-state index >= 15 is 0 Å². The summed E-state index contributed by atoms with van der Waals surface area (Å²) in [6.45, 7) is 5.78. The summed E-state index contributed by atoms with van der Waals surface area (Å²) in [5.41, 5.74) is 3.97. The predicted octanol–water partition coefficient (Wildman–Crippen LogP) is 3.40. The first-order valence-corrected chi connectivity index (χ1v) is 11.7. The summed E-state index contributed by atoms with van der Waals surface area (Å²) in [5, 5.41) is 9.54. The molecule has 0 atom stereocenters. The smallest absolute Gasteiger partial charge is 0.254 e. The van der Waals surface area contributed by atoms with Gasteiger partial charge in [-0.15, -0.1) is 10.2 Å². The highest BCUT2D eigenvalue weighted by Gasteiger charge is 2.23.